The van der Waals surface area contributed by atoms with E-state index in [4.69, 9.17) is 0 Å². The van der Waals surface area contributed by atoms with Gasteiger partial charge in [-0.25, -0.2) is 14.4 Å². The van der Waals surface area contributed by atoms with E-state index in [9.17, 15) is 13.6 Å². The maximum atomic E-state index is 13.3. The lowest BCUT2D eigenvalue weighted by atomic mass is 9.89. The van der Waals surface area contributed by atoms with Crippen LogP contribution in [0, 0.1) is 12.0 Å². The minimum atomic E-state index is -1.15. The summed E-state index contributed by atoms with van der Waals surface area (Å²) in [5, 5.41) is 2.56. The van der Waals surface area contributed by atoms with E-state index in [1.54, 1.807) is 0 Å². The third-order valence-corrected chi connectivity index (χ3v) is 2.78. The molecule has 2 rings (SSSR count). The van der Waals surface area contributed by atoms with Gasteiger partial charge < -0.3 is 5.32 Å². The van der Waals surface area contributed by atoms with Crippen molar-refractivity contribution in [3.8, 4) is 0 Å². The molecule has 1 saturated heterocycles. The smallest absolute Gasteiger partial charge is 0.308 e. The van der Waals surface area contributed by atoms with Crippen LogP contribution < -0.4 is 5.32 Å². The Kier molecular flexibility index (Phi) is 2.80. The van der Waals surface area contributed by atoms with Crippen molar-refractivity contribution in [3.63, 3.8) is 0 Å². The van der Waals surface area contributed by atoms with Gasteiger partial charge in [-0.2, -0.15) is 4.39 Å². The zero-order chi connectivity index (χ0) is 11.7. The third kappa shape index (κ3) is 1.87. The lowest BCUT2D eigenvalue weighted by Gasteiger charge is -2.16. The van der Waals surface area contributed by atoms with Crippen LogP contribution in [0.1, 0.15) is 18.5 Å². The Morgan fingerprint density at radius 3 is 3.00 bits per heavy atom. The maximum absolute atomic E-state index is 13.3. The topological polar surface area (TPSA) is 54.9 Å². The Balaban J connectivity index is 2.33. The van der Waals surface area contributed by atoms with E-state index in [-0.39, 0.29) is 18.1 Å². The summed E-state index contributed by atoms with van der Waals surface area (Å²) in [6, 6.07) is 1.44. The summed E-state index contributed by atoms with van der Waals surface area (Å²) in [7, 11) is 0. The lowest BCUT2D eigenvalue weighted by Crippen LogP contribution is -2.22. The highest BCUT2D eigenvalue weighted by atomic mass is 19.1. The van der Waals surface area contributed by atoms with Gasteiger partial charge in [-0.05, 0) is 13.0 Å². The highest BCUT2D eigenvalue weighted by Gasteiger charge is 2.40. The average molecular weight is 227 g/mol. The van der Waals surface area contributed by atoms with Gasteiger partial charge in [-0.15, -0.1) is 0 Å². The van der Waals surface area contributed by atoms with E-state index in [2.05, 4.69) is 15.3 Å². The first-order chi connectivity index (χ1) is 7.59. The largest absolute Gasteiger partial charge is 0.355 e. The van der Waals surface area contributed by atoms with E-state index < -0.39 is 24.1 Å². The highest BCUT2D eigenvalue weighted by Crippen LogP contribution is 2.31. The number of amides is 1. The fourth-order valence-corrected chi connectivity index (χ4v) is 1.94. The maximum Gasteiger partial charge on any atom is 0.308 e. The molecule has 3 atom stereocenters. The van der Waals surface area contributed by atoms with Crippen LogP contribution in [0.15, 0.2) is 12.3 Å². The molecular formula is C10H11F2N3O. The van der Waals surface area contributed by atoms with Crippen molar-refractivity contribution in [1.82, 2.24) is 15.3 Å². The Morgan fingerprint density at radius 1 is 1.62 bits per heavy atom. The monoisotopic (exact) mass is 227 g/mol. The number of nitrogens with zero attached hydrogens (tertiary/aromatic N) is 2. The van der Waals surface area contributed by atoms with Crippen LogP contribution in [0.2, 0.25) is 0 Å². The summed E-state index contributed by atoms with van der Waals surface area (Å²) in [6.45, 7) is 1.64. The van der Waals surface area contributed by atoms with Crippen molar-refractivity contribution < 1.29 is 13.6 Å². The number of hydrogen-bond acceptors (Lipinski definition) is 3. The third-order valence-electron chi connectivity index (χ3n) is 2.78. The first-order valence-electron chi connectivity index (χ1n) is 5.00. The summed E-state index contributed by atoms with van der Waals surface area (Å²) < 4.78 is 26.1. The van der Waals surface area contributed by atoms with Crippen LogP contribution in [0.5, 0.6) is 0 Å². The van der Waals surface area contributed by atoms with Gasteiger partial charge in [0.2, 0.25) is 5.91 Å². The first-order valence-corrected chi connectivity index (χ1v) is 5.00. The Morgan fingerprint density at radius 2 is 2.38 bits per heavy atom. The van der Waals surface area contributed by atoms with Crippen molar-refractivity contribution in [2.45, 2.75) is 19.0 Å². The second kappa shape index (κ2) is 4.11. The van der Waals surface area contributed by atoms with Gasteiger partial charge >= 0.3 is 6.08 Å². The molecule has 0 saturated carbocycles. The Hall–Kier alpha value is -1.59. The molecule has 0 aromatic carbocycles. The minimum absolute atomic E-state index is 0.233. The fraction of sp³-hybridized carbons (Fsp3) is 0.500. The second-order valence-corrected chi connectivity index (χ2v) is 3.81. The van der Waals surface area contributed by atoms with Gasteiger partial charge in [0.15, 0.2) is 0 Å². The van der Waals surface area contributed by atoms with E-state index in [1.807, 2.05) is 0 Å². The van der Waals surface area contributed by atoms with Gasteiger partial charge in [0.05, 0.1) is 11.6 Å². The lowest BCUT2D eigenvalue weighted by molar-refractivity contribution is -0.121. The molecule has 16 heavy (non-hydrogen) atoms. The average Bonchev–Trinajstić information content (AvgIpc) is 2.60. The van der Waals surface area contributed by atoms with Gasteiger partial charge in [-0.1, -0.05) is 0 Å². The number of nitrogens with one attached hydrogen (secondary N) is 1. The van der Waals surface area contributed by atoms with Crippen LogP contribution >= 0.6 is 0 Å². The fourth-order valence-electron chi connectivity index (χ4n) is 1.94. The van der Waals surface area contributed by atoms with Crippen molar-refractivity contribution in [2.75, 3.05) is 6.54 Å². The number of hydrogen-bond donors (Lipinski definition) is 1. The molecule has 0 bridgehead atoms. The molecule has 0 spiro atoms. The summed E-state index contributed by atoms with van der Waals surface area (Å²) >= 11 is 0. The minimum Gasteiger partial charge on any atom is -0.355 e. The Labute approximate surface area is 91.1 Å². The SMILES string of the molecule is C[C@H](F)C1CNC(=O)[C@@H]1c1ccnc(F)n1. The van der Waals surface area contributed by atoms with Crippen molar-refractivity contribution in [1.29, 1.82) is 0 Å². The van der Waals surface area contributed by atoms with E-state index in [0.29, 0.717) is 0 Å². The number of halogens is 2. The summed E-state index contributed by atoms with van der Waals surface area (Å²) in [6.07, 6.45) is -0.826. The normalized spacial score (nSPS) is 26.6. The zero-order valence-corrected chi connectivity index (χ0v) is 8.65. The number of aromatic nitrogens is 2. The summed E-state index contributed by atoms with van der Waals surface area (Å²) in [4.78, 5) is 18.4. The Bertz CT molecular complexity index is 411. The van der Waals surface area contributed by atoms with Crippen molar-refractivity contribution in [3.05, 3.63) is 24.0 Å². The molecule has 4 nitrogen and oxygen atoms in total. The van der Waals surface area contributed by atoms with E-state index in [0.717, 1.165) is 0 Å². The van der Waals surface area contributed by atoms with Crippen LogP contribution in [0.25, 0.3) is 0 Å². The van der Waals surface area contributed by atoms with E-state index in [1.165, 1.54) is 19.2 Å². The van der Waals surface area contributed by atoms with Crippen LogP contribution in [0.4, 0.5) is 8.78 Å². The molecule has 86 valence electrons. The summed E-state index contributed by atoms with van der Waals surface area (Å²) in [5.74, 6) is -1.54. The highest BCUT2D eigenvalue weighted by molar-refractivity contribution is 5.85. The quantitative estimate of drug-likeness (QED) is 0.760. The molecule has 1 N–H and O–H groups in total. The standard InChI is InChI=1S/C10H11F2N3O/c1-5(11)6-4-14-9(16)8(6)7-2-3-13-10(12)15-7/h2-3,5-6,8H,4H2,1H3,(H,14,16)/t5-,6?,8-/m0/s1. The molecule has 1 aliphatic heterocycles. The molecule has 1 unspecified atom stereocenters. The van der Waals surface area contributed by atoms with Crippen LogP contribution in [0.3, 0.4) is 0 Å². The molecule has 0 aliphatic carbocycles. The van der Waals surface area contributed by atoms with Crippen molar-refractivity contribution >= 4 is 5.91 Å². The molecule has 6 heteroatoms. The van der Waals surface area contributed by atoms with Gasteiger partial charge in [-0.3, -0.25) is 4.79 Å². The van der Waals surface area contributed by atoms with Crippen LogP contribution in [-0.2, 0) is 4.79 Å². The molecule has 1 aromatic heterocycles. The molecular weight excluding hydrogens is 216 g/mol. The molecule has 1 aliphatic rings. The number of carbonyl (C=O) groups is 1. The van der Waals surface area contributed by atoms with Crippen LogP contribution in [-0.4, -0.2) is 28.6 Å². The van der Waals surface area contributed by atoms with Gasteiger partial charge in [0.1, 0.15) is 6.17 Å². The van der Waals surface area contributed by atoms with Crippen molar-refractivity contribution in [2.24, 2.45) is 5.92 Å². The number of rotatable bonds is 2. The molecule has 0 radical (unpaired) electrons. The molecule has 1 amide bonds. The molecule has 2 heterocycles. The predicted octanol–water partition coefficient (Wildman–Crippen LogP) is 0.803. The first kappa shape index (κ1) is 10.9. The number of carbonyl (C=O) groups excluding carboxylic acids is 1. The second-order valence-electron chi connectivity index (χ2n) is 3.81. The molecule has 1 aromatic rings. The number of alkyl halides is 1. The van der Waals surface area contributed by atoms with Gasteiger partial charge in [0, 0.05) is 18.7 Å². The molecule has 1 fully saturated rings. The predicted molar refractivity (Wildman–Crippen MR) is 51.8 cm³/mol. The zero-order valence-electron chi connectivity index (χ0n) is 8.65. The van der Waals surface area contributed by atoms with Gasteiger partial charge in [0.25, 0.3) is 0 Å². The van der Waals surface area contributed by atoms with E-state index >= 15 is 0 Å². The summed E-state index contributed by atoms with van der Waals surface area (Å²) in [5.41, 5.74) is 0.233.